The van der Waals surface area contributed by atoms with Gasteiger partial charge in [-0.3, -0.25) is 9.59 Å². The molecular formula is C30H31Br2ClN2O3. The number of carbonyl (C=O) groups excluding carboxylic acids is 2. The summed E-state index contributed by atoms with van der Waals surface area (Å²) in [6, 6.07) is 22.2. The van der Waals surface area contributed by atoms with Gasteiger partial charge in [-0.15, -0.1) is 0 Å². The first kappa shape index (κ1) is 28.7. The first-order chi connectivity index (χ1) is 18.4. The van der Waals surface area contributed by atoms with Gasteiger partial charge in [0, 0.05) is 28.5 Å². The lowest BCUT2D eigenvalue weighted by Gasteiger charge is -2.33. The predicted molar refractivity (Wildman–Crippen MR) is 158 cm³/mol. The molecule has 0 aromatic heterocycles. The zero-order valence-electron chi connectivity index (χ0n) is 21.0. The molecule has 1 atom stereocenters. The fourth-order valence-electron chi connectivity index (χ4n) is 4.70. The lowest BCUT2D eigenvalue weighted by Crippen LogP contribution is -2.53. The molecule has 0 unspecified atom stereocenters. The van der Waals surface area contributed by atoms with Gasteiger partial charge in [0.05, 0.1) is 4.47 Å². The van der Waals surface area contributed by atoms with Crippen LogP contribution in [0.2, 0.25) is 5.02 Å². The van der Waals surface area contributed by atoms with Crippen LogP contribution in [0.25, 0.3) is 0 Å². The quantitative estimate of drug-likeness (QED) is 0.247. The molecule has 3 aromatic rings. The molecule has 2 amide bonds. The number of nitrogens with zero attached hydrogens (tertiary/aromatic N) is 1. The molecular weight excluding hydrogens is 632 g/mol. The average molecular weight is 663 g/mol. The Hall–Kier alpha value is -2.35. The summed E-state index contributed by atoms with van der Waals surface area (Å²) < 4.78 is 7.50. The van der Waals surface area contributed by atoms with E-state index in [1.54, 1.807) is 23.1 Å². The van der Waals surface area contributed by atoms with E-state index in [0.717, 1.165) is 41.3 Å². The summed E-state index contributed by atoms with van der Waals surface area (Å²) in [4.78, 5) is 29.2. The SMILES string of the molecule is O=C(NC1CCCCC1)[C@@H](Cc1ccccc1)N(Cc1ccc(Br)cc1)C(=O)COc1ccc(Cl)cc1Br. The van der Waals surface area contributed by atoms with Crippen LogP contribution in [-0.4, -0.2) is 35.4 Å². The highest BCUT2D eigenvalue weighted by Crippen LogP contribution is 2.28. The van der Waals surface area contributed by atoms with Crippen molar-refractivity contribution in [3.05, 3.63) is 97.9 Å². The number of hydrogen-bond acceptors (Lipinski definition) is 3. The zero-order valence-corrected chi connectivity index (χ0v) is 25.0. The fourth-order valence-corrected chi connectivity index (χ4v) is 5.76. The summed E-state index contributed by atoms with van der Waals surface area (Å²) in [6.07, 6.45) is 5.77. The van der Waals surface area contributed by atoms with Crippen molar-refractivity contribution in [1.82, 2.24) is 10.2 Å². The lowest BCUT2D eigenvalue weighted by molar-refractivity contribution is -0.143. The van der Waals surface area contributed by atoms with E-state index in [4.69, 9.17) is 16.3 Å². The summed E-state index contributed by atoms with van der Waals surface area (Å²) in [6.45, 7) is 0.0750. The monoisotopic (exact) mass is 660 g/mol. The maximum Gasteiger partial charge on any atom is 0.261 e. The van der Waals surface area contributed by atoms with Crippen LogP contribution in [0, 0.1) is 0 Å². The number of ether oxygens (including phenoxy) is 1. The molecule has 0 heterocycles. The van der Waals surface area contributed by atoms with Crippen molar-refractivity contribution in [3.8, 4) is 5.75 Å². The number of carbonyl (C=O) groups is 2. The molecule has 1 fully saturated rings. The largest absolute Gasteiger partial charge is 0.483 e. The number of halogens is 3. The van der Waals surface area contributed by atoms with Gasteiger partial charge in [0.15, 0.2) is 6.61 Å². The molecule has 1 aliphatic carbocycles. The summed E-state index contributed by atoms with van der Waals surface area (Å²) in [5.74, 6) is 0.117. The second-order valence-electron chi connectivity index (χ2n) is 9.56. The molecule has 1 N–H and O–H groups in total. The third kappa shape index (κ3) is 8.32. The number of benzene rings is 3. The highest BCUT2D eigenvalue weighted by atomic mass is 79.9. The van der Waals surface area contributed by atoms with Crippen LogP contribution in [0.15, 0.2) is 81.7 Å². The fraction of sp³-hybridized carbons (Fsp3) is 0.333. The minimum atomic E-state index is -0.687. The zero-order chi connectivity index (χ0) is 26.9. The molecule has 8 heteroatoms. The second-order valence-corrected chi connectivity index (χ2v) is 11.8. The standard InChI is InChI=1S/C30H31Br2ClN2O3/c31-23-13-11-22(12-14-23)19-35(29(36)20-38-28-16-15-24(33)18-26(28)32)27(17-21-7-3-1-4-8-21)30(37)34-25-9-5-2-6-10-25/h1,3-4,7-8,11-16,18,25,27H,2,5-6,9-10,17,19-20H2,(H,34,37)/t27-/m1/s1. The number of hydrogen-bond donors (Lipinski definition) is 1. The van der Waals surface area contributed by atoms with Crippen LogP contribution >= 0.6 is 43.5 Å². The molecule has 0 spiro atoms. The molecule has 3 aromatic carbocycles. The predicted octanol–water partition coefficient (Wildman–Crippen LogP) is 7.33. The van der Waals surface area contributed by atoms with Crippen molar-refractivity contribution in [3.63, 3.8) is 0 Å². The smallest absolute Gasteiger partial charge is 0.261 e. The Kier molecular flexibility index (Phi) is 10.7. The van der Waals surface area contributed by atoms with E-state index < -0.39 is 6.04 Å². The van der Waals surface area contributed by atoms with E-state index in [9.17, 15) is 9.59 Å². The Morgan fingerprint density at radius 1 is 0.947 bits per heavy atom. The molecule has 0 radical (unpaired) electrons. The van der Waals surface area contributed by atoms with Crippen molar-refractivity contribution in [1.29, 1.82) is 0 Å². The van der Waals surface area contributed by atoms with E-state index in [1.807, 2.05) is 54.6 Å². The van der Waals surface area contributed by atoms with Gasteiger partial charge in [-0.25, -0.2) is 0 Å². The number of rotatable bonds is 10. The highest BCUT2D eigenvalue weighted by Gasteiger charge is 2.32. The van der Waals surface area contributed by atoms with Crippen LogP contribution in [0.1, 0.15) is 43.2 Å². The van der Waals surface area contributed by atoms with Gasteiger partial charge < -0.3 is 15.0 Å². The third-order valence-electron chi connectivity index (χ3n) is 6.73. The van der Waals surface area contributed by atoms with Crippen molar-refractivity contribution in [2.45, 2.75) is 57.2 Å². The van der Waals surface area contributed by atoms with Gasteiger partial charge >= 0.3 is 0 Å². The summed E-state index contributed by atoms with van der Waals surface area (Å²) >= 11 is 13.0. The summed E-state index contributed by atoms with van der Waals surface area (Å²) in [5, 5.41) is 3.82. The molecule has 0 aliphatic heterocycles. The maximum atomic E-state index is 13.8. The van der Waals surface area contributed by atoms with Crippen molar-refractivity contribution >= 4 is 55.3 Å². The van der Waals surface area contributed by atoms with Crippen LogP contribution < -0.4 is 10.1 Å². The Bertz CT molecular complexity index is 1220. The minimum Gasteiger partial charge on any atom is -0.483 e. The van der Waals surface area contributed by atoms with E-state index >= 15 is 0 Å². The van der Waals surface area contributed by atoms with Crippen molar-refractivity contribution in [2.24, 2.45) is 0 Å². The number of nitrogens with one attached hydrogen (secondary N) is 1. The summed E-state index contributed by atoms with van der Waals surface area (Å²) in [5.41, 5.74) is 1.92. The molecule has 200 valence electrons. The average Bonchev–Trinajstić information content (AvgIpc) is 2.92. The molecule has 1 saturated carbocycles. The van der Waals surface area contributed by atoms with Crippen LogP contribution in [0.4, 0.5) is 0 Å². The van der Waals surface area contributed by atoms with Crippen LogP contribution in [-0.2, 0) is 22.6 Å². The molecule has 5 nitrogen and oxygen atoms in total. The summed E-state index contributed by atoms with van der Waals surface area (Å²) in [7, 11) is 0. The minimum absolute atomic E-state index is 0.126. The van der Waals surface area contributed by atoms with Crippen LogP contribution in [0.3, 0.4) is 0 Å². The normalized spacial score (nSPS) is 14.5. The first-order valence-electron chi connectivity index (χ1n) is 12.8. The lowest BCUT2D eigenvalue weighted by atomic mass is 9.94. The third-order valence-corrected chi connectivity index (χ3v) is 8.12. The molecule has 1 aliphatic rings. The van der Waals surface area contributed by atoms with E-state index in [0.29, 0.717) is 21.7 Å². The molecule has 0 saturated heterocycles. The van der Waals surface area contributed by atoms with Gasteiger partial charge in [-0.2, -0.15) is 0 Å². The van der Waals surface area contributed by atoms with Gasteiger partial charge in [0.25, 0.3) is 5.91 Å². The first-order valence-corrected chi connectivity index (χ1v) is 14.8. The molecule has 4 rings (SSSR count). The highest BCUT2D eigenvalue weighted by molar-refractivity contribution is 9.10. The Labute approximate surface area is 246 Å². The van der Waals surface area contributed by atoms with E-state index in [1.165, 1.54) is 6.42 Å². The molecule has 0 bridgehead atoms. The van der Waals surface area contributed by atoms with Gasteiger partial charge in [-0.1, -0.05) is 89.3 Å². The second kappa shape index (κ2) is 14.2. The van der Waals surface area contributed by atoms with Gasteiger partial charge in [0.1, 0.15) is 11.8 Å². The van der Waals surface area contributed by atoms with Gasteiger partial charge in [-0.05, 0) is 70.2 Å². The van der Waals surface area contributed by atoms with Crippen molar-refractivity contribution < 1.29 is 14.3 Å². The van der Waals surface area contributed by atoms with E-state index in [-0.39, 0.29) is 31.0 Å². The Morgan fingerprint density at radius 2 is 1.66 bits per heavy atom. The van der Waals surface area contributed by atoms with Crippen LogP contribution in [0.5, 0.6) is 5.75 Å². The molecule has 38 heavy (non-hydrogen) atoms. The van der Waals surface area contributed by atoms with E-state index in [2.05, 4.69) is 37.2 Å². The number of amides is 2. The Morgan fingerprint density at radius 3 is 2.34 bits per heavy atom. The van der Waals surface area contributed by atoms with Gasteiger partial charge in [0.2, 0.25) is 5.91 Å². The van der Waals surface area contributed by atoms with Crippen molar-refractivity contribution in [2.75, 3.05) is 6.61 Å². The Balaban J connectivity index is 1.61. The maximum absolute atomic E-state index is 13.8. The topological polar surface area (TPSA) is 58.6 Å².